The van der Waals surface area contributed by atoms with Gasteiger partial charge in [0.25, 0.3) is 0 Å². The molecule has 2 N–H and O–H groups in total. The Labute approximate surface area is 116 Å². The minimum Gasteiger partial charge on any atom is -0.491 e. The van der Waals surface area contributed by atoms with Gasteiger partial charge in [0.1, 0.15) is 5.75 Å². The number of Topliss-reactive ketones (excluding diaryl/α,β-unsaturated/α-hetero) is 1. The second-order valence-corrected chi connectivity index (χ2v) is 5.31. The van der Waals surface area contributed by atoms with Crippen LogP contribution in [0, 0.1) is 5.92 Å². The second-order valence-electron chi connectivity index (χ2n) is 5.31. The molecule has 0 saturated carbocycles. The van der Waals surface area contributed by atoms with Crippen LogP contribution in [0.1, 0.15) is 56.8 Å². The van der Waals surface area contributed by atoms with Crippen molar-refractivity contribution >= 4 is 11.5 Å². The molecule has 0 bridgehead atoms. The van der Waals surface area contributed by atoms with E-state index in [0.29, 0.717) is 35.9 Å². The van der Waals surface area contributed by atoms with Crippen molar-refractivity contribution in [1.29, 1.82) is 0 Å². The van der Waals surface area contributed by atoms with Gasteiger partial charge >= 0.3 is 0 Å². The normalized spacial score (nSPS) is 10.7. The topological polar surface area (TPSA) is 52.3 Å². The smallest absolute Gasteiger partial charge is 0.162 e. The van der Waals surface area contributed by atoms with E-state index < -0.39 is 0 Å². The maximum absolute atomic E-state index is 11.9. The molecule has 0 aromatic heterocycles. The van der Waals surface area contributed by atoms with Crippen LogP contribution in [0.3, 0.4) is 0 Å². The molecule has 0 heterocycles. The molecule has 0 atom stereocenters. The average Bonchev–Trinajstić information content (AvgIpc) is 2.37. The number of ether oxygens (including phenoxy) is 1. The highest BCUT2D eigenvalue weighted by Crippen LogP contribution is 2.24. The largest absolute Gasteiger partial charge is 0.491 e. The number of carbonyl (C=O) groups is 1. The van der Waals surface area contributed by atoms with Crippen molar-refractivity contribution in [3.63, 3.8) is 0 Å². The van der Waals surface area contributed by atoms with E-state index in [9.17, 15) is 4.79 Å². The fourth-order valence-electron chi connectivity index (χ4n) is 1.74. The van der Waals surface area contributed by atoms with Gasteiger partial charge in [-0.3, -0.25) is 4.79 Å². The van der Waals surface area contributed by atoms with E-state index in [2.05, 4.69) is 20.8 Å². The number of carbonyl (C=O) groups excluding carboxylic acids is 1. The Bertz CT molecular complexity index is 413. The van der Waals surface area contributed by atoms with Crippen LogP contribution in [-0.2, 0) is 0 Å². The molecule has 0 fully saturated rings. The molecule has 0 spiro atoms. The Kier molecular flexibility index (Phi) is 6.40. The van der Waals surface area contributed by atoms with E-state index in [-0.39, 0.29) is 5.78 Å². The number of benzene rings is 1. The van der Waals surface area contributed by atoms with Crippen LogP contribution in [0.15, 0.2) is 18.2 Å². The summed E-state index contributed by atoms with van der Waals surface area (Å²) in [7, 11) is 0. The molecule has 0 amide bonds. The van der Waals surface area contributed by atoms with Crippen LogP contribution in [0.4, 0.5) is 5.69 Å². The molecule has 1 aromatic rings. The zero-order valence-corrected chi connectivity index (χ0v) is 12.2. The molecule has 3 nitrogen and oxygen atoms in total. The number of hydrogen-bond donors (Lipinski definition) is 1. The number of nitrogen functional groups attached to an aromatic ring is 1. The first-order valence-electron chi connectivity index (χ1n) is 7.10. The Hall–Kier alpha value is -1.51. The van der Waals surface area contributed by atoms with Gasteiger partial charge in [0, 0.05) is 12.0 Å². The first kappa shape index (κ1) is 15.5. The van der Waals surface area contributed by atoms with Gasteiger partial charge < -0.3 is 10.5 Å². The standard InChI is InChI=1S/C16H25NO2/c1-4-5-6-15(18)13-7-8-16(14(17)11-13)19-10-9-12(2)3/h7-8,11-12H,4-6,9-10,17H2,1-3H3. The second kappa shape index (κ2) is 7.82. The molecule has 0 saturated heterocycles. The summed E-state index contributed by atoms with van der Waals surface area (Å²) in [5, 5.41) is 0. The fourth-order valence-corrected chi connectivity index (χ4v) is 1.74. The molecule has 106 valence electrons. The highest BCUT2D eigenvalue weighted by Gasteiger charge is 2.08. The summed E-state index contributed by atoms with van der Waals surface area (Å²) in [4.78, 5) is 11.9. The number of ketones is 1. The predicted octanol–water partition coefficient (Wildman–Crippen LogP) is 4.07. The molecule has 0 aliphatic rings. The summed E-state index contributed by atoms with van der Waals surface area (Å²) in [5.74, 6) is 1.44. The van der Waals surface area contributed by atoms with Crippen LogP contribution in [0.2, 0.25) is 0 Å². The lowest BCUT2D eigenvalue weighted by atomic mass is 10.0. The van der Waals surface area contributed by atoms with Gasteiger partial charge in [-0.05, 0) is 37.0 Å². The molecular weight excluding hydrogens is 238 g/mol. The van der Waals surface area contributed by atoms with Gasteiger partial charge in [0.15, 0.2) is 5.78 Å². The third-order valence-corrected chi connectivity index (χ3v) is 3.04. The van der Waals surface area contributed by atoms with E-state index in [1.165, 1.54) is 0 Å². The van der Waals surface area contributed by atoms with E-state index in [4.69, 9.17) is 10.5 Å². The van der Waals surface area contributed by atoms with E-state index >= 15 is 0 Å². The first-order chi connectivity index (χ1) is 9.04. The number of anilines is 1. The van der Waals surface area contributed by atoms with Gasteiger partial charge in [-0.15, -0.1) is 0 Å². The maximum Gasteiger partial charge on any atom is 0.162 e. The van der Waals surface area contributed by atoms with Crippen LogP contribution >= 0.6 is 0 Å². The Morgan fingerprint density at radius 2 is 2.11 bits per heavy atom. The molecule has 3 heteroatoms. The molecule has 0 aliphatic carbocycles. The van der Waals surface area contributed by atoms with Crippen molar-refractivity contribution in [2.75, 3.05) is 12.3 Å². The lowest BCUT2D eigenvalue weighted by Gasteiger charge is -2.11. The van der Waals surface area contributed by atoms with Gasteiger partial charge in [-0.1, -0.05) is 27.2 Å². The number of rotatable bonds is 8. The summed E-state index contributed by atoms with van der Waals surface area (Å²) in [5.41, 5.74) is 7.16. The quantitative estimate of drug-likeness (QED) is 0.568. The predicted molar refractivity (Wildman–Crippen MR) is 79.7 cm³/mol. The fraction of sp³-hybridized carbons (Fsp3) is 0.562. The number of nitrogens with two attached hydrogens (primary N) is 1. The Morgan fingerprint density at radius 1 is 1.37 bits per heavy atom. The summed E-state index contributed by atoms with van der Waals surface area (Å²) in [6.07, 6.45) is 3.53. The van der Waals surface area contributed by atoms with E-state index in [1.807, 2.05) is 0 Å². The Balaban J connectivity index is 2.61. The molecule has 19 heavy (non-hydrogen) atoms. The minimum atomic E-state index is 0.155. The van der Waals surface area contributed by atoms with Crippen molar-refractivity contribution < 1.29 is 9.53 Å². The zero-order chi connectivity index (χ0) is 14.3. The van der Waals surface area contributed by atoms with E-state index in [1.54, 1.807) is 18.2 Å². The summed E-state index contributed by atoms with van der Waals surface area (Å²) in [6.45, 7) is 7.04. The molecule has 0 unspecified atom stereocenters. The lowest BCUT2D eigenvalue weighted by molar-refractivity contribution is 0.0980. The Morgan fingerprint density at radius 3 is 2.68 bits per heavy atom. The monoisotopic (exact) mass is 263 g/mol. The first-order valence-corrected chi connectivity index (χ1v) is 7.10. The van der Waals surface area contributed by atoms with Crippen molar-refractivity contribution in [2.24, 2.45) is 5.92 Å². The number of unbranched alkanes of at least 4 members (excludes halogenated alkanes) is 1. The van der Waals surface area contributed by atoms with Crippen LogP contribution < -0.4 is 10.5 Å². The molecule has 0 aliphatic heterocycles. The summed E-state index contributed by atoms with van der Waals surface area (Å²) < 4.78 is 5.63. The van der Waals surface area contributed by atoms with Gasteiger partial charge in [0.2, 0.25) is 0 Å². The minimum absolute atomic E-state index is 0.155. The van der Waals surface area contributed by atoms with Gasteiger partial charge in [-0.2, -0.15) is 0 Å². The summed E-state index contributed by atoms with van der Waals surface area (Å²) >= 11 is 0. The summed E-state index contributed by atoms with van der Waals surface area (Å²) in [6, 6.07) is 5.33. The molecule has 1 rings (SSSR count). The van der Waals surface area contributed by atoms with Crippen molar-refractivity contribution in [1.82, 2.24) is 0 Å². The van der Waals surface area contributed by atoms with Crippen molar-refractivity contribution in [2.45, 2.75) is 46.5 Å². The molecule has 0 radical (unpaired) electrons. The zero-order valence-electron chi connectivity index (χ0n) is 12.2. The van der Waals surface area contributed by atoms with Crippen LogP contribution in [-0.4, -0.2) is 12.4 Å². The third-order valence-electron chi connectivity index (χ3n) is 3.04. The van der Waals surface area contributed by atoms with Gasteiger partial charge in [0.05, 0.1) is 12.3 Å². The lowest BCUT2D eigenvalue weighted by Crippen LogP contribution is -2.05. The highest BCUT2D eigenvalue weighted by molar-refractivity contribution is 5.97. The third kappa shape index (κ3) is 5.33. The van der Waals surface area contributed by atoms with Crippen LogP contribution in [0.25, 0.3) is 0 Å². The average molecular weight is 263 g/mol. The van der Waals surface area contributed by atoms with Crippen LogP contribution in [0.5, 0.6) is 5.75 Å². The SMILES string of the molecule is CCCCC(=O)c1ccc(OCCC(C)C)c(N)c1. The van der Waals surface area contributed by atoms with E-state index in [0.717, 1.165) is 19.3 Å². The molecular formula is C16H25NO2. The van der Waals surface area contributed by atoms with Crippen molar-refractivity contribution in [3.8, 4) is 5.75 Å². The van der Waals surface area contributed by atoms with Gasteiger partial charge in [-0.25, -0.2) is 0 Å². The molecule has 1 aromatic carbocycles. The number of hydrogen-bond acceptors (Lipinski definition) is 3. The highest BCUT2D eigenvalue weighted by atomic mass is 16.5. The van der Waals surface area contributed by atoms with Crippen molar-refractivity contribution in [3.05, 3.63) is 23.8 Å². The maximum atomic E-state index is 11.9.